The van der Waals surface area contributed by atoms with E-state index in [9.17, 15) is 0 Å². The minimum Gasteiger partial charge on any atom is -0.491 e. The molecule has 0 bridgehead atoms. The molecular formula is C16H24ClNO2. The molecule has 1 aromatic carbocycles. The standard InChI is InChI=1S/C16H24ClNO2/c1-10(2)14-7-16(11(3)6-15(14)17)19-9-13-5-4-12(8-18)20-13/h6-7,10,12-13H,4-5,8-9,18H2,1-3H3. The van der Waals surface area contributed by atoms with Gasteiger partial charge in [0.25, 0.3) is 0 Å². The average molecular weight is 298 g/mol. The van der Waals surface area contributed by atoms with Crippen LogP contribution in [0.1, 0.15) is 43.7 Å². The molecule has 1 saturated heterocycles. The van der Waals surface area contributed by atoms with Gasteiger partial charge in [-0.25, -0.2) is 0 Å². The van der Waals surface area contributed by atoms with Gasteiger partial charge in [0.2, 0.25) is 0 Å². The first kappa shape index (κ1) is 15.6. The maximum absolute atomic E-state index is 6.27. The Labute approximate surface area is 126 Å². The molecule has 1 aliphatic heterocycles. The third kappa shape index (κ3) is 3.66. The van der Waals surface area contributed by atoms with E-state index in [1.165, 1.54) is 0 Å². The molecule has 1 heterocycles. The maximum Gasteiger partial charge on any atom is 0.122 e. The molecule has 0 aromatic heterocycles. The van der Waals surface area contributed by atoms with Crippen LogP contribution in [0.5, 0.6) is 5.75 Å². The Morgan fingerprint density at radius 3 is 2.65 bits per heavy atom. The van der Waals surface area contributed by atoms with E-state index < -0.39 is 0 Å². The summed E-state index contributed by atoms with van der Waals surface area (Å²) in [6, 6.07) is 4.03. The zero-order valence-corrected chi connectivity index (χ0v) is 13.2. The van der Waals surface area contributed by atoms with Crippen molar-refractivity contribution in [3.05, 3.63) is 28.3 Å². The van der Waals surface area contributed by atoms with E-state index in [0.717, 1.165) is 34.7 Å². The molecule has 0 saturated carbocycles. The lowest BCUT2D eigenvalue weighted by Crippen LogP contribution is -2.23. The molecule has 0 radical (unpaired) electrons. The molecule has 20 heavy (non-hydrogen) atoms. The van der Waals surface area contributed by atoms with Crippen LogP contribution in [0.2, 0.25) is 5.02 Å². The van der Waals surface area contributed by atoms with E-state index in [4.69, 9.17) is 26.8 Å². The predicted octanol–water partition coefficient (Wildman–Crippen LogP) is 3.66. The average Bonchev–Trinajstić information content (AvgIpc) is 2.85. The molecule has 2 unspecified atom stereocenters. The highest BCUT2D eigenvalue weighted by molar-refractivity contribution is 6.31. The van der Waals surface area contributed by atoms with Crippen molar-refractivity contribution in [2.75, 3.05) is 13.2 Å². The van der Waals surface area contributed by atoms with Crippen LogP contribution in [0.15, 0.2) is 12.1 Å². The van der Waals surface area contributed by atoms with Gasteiger partial charge in [-0.3, -0.25) is 0 Å². The van der Waals surface area contributed by atoms with Gasteiger partial charge in [-0.05, 0) is 48.9 Å². The highest BCUT2D eigenvalue weighted by atomic mass is 35.5. The van der Waals surface area contributed by atoms with Crippen LogP contribution in [0.4, 0.5) is 0 Å². The van der Waals surface area contributed by atoms with Gasteiger partial charge in [-0.2, -0.15) is 0 Å². The topological polar surface area (TPSA) is 44.5 Å². The van der Waals surface area contributed by atoms with Crippen molar-refractivity contribution in [2.45, 2.75) is 51.7 Å². The number of nitrogens with two attached hydrogens (primary N) is 1. The van der Waals surface area contributed by atoms with Gasteiger partial charge in [-0.15, -0.1) is 0 Å². The predicted molar refractivity (Wildman–Crippen MR) is 82.7 cm³/mol. The third-order valence-corrected chi connectivity index (χ3v) is 4.13. The van der Waals surface area contributed by atoms with Crippen LogP contribution in [0, 0.1) is 6.92 Å². The van der Waals surface area contributed by atoms with E-state index in [1.54, 1.807) is 0 Å². The fourth-order valence-corrected chi connectivity index (χ4v) is 2.96. The summed E-state index contributed by atoms with van der Waals surface area (Å²) in [5.41, 5.74) is 7.80. The summed E-state index contributed by atoms with van der Waals surface area (Å²) in [6.07, 6.45) is 2.40. The van der Waals surface area contributed by atoms with Crippen molar-refractivity contribution in [1.82, 2.24) is 0 Å². The summed E-state index contributed by atoms with van der Waals surface area (Å²) in [5.74, 6) is 1.28. The fraction of sp³-hybridized carbons (Fsp3) is 0.625. The molecule has 3 nitrogen and oxygen atoms in total. The summed E-state index contributed by atoms with van der Waals surface area (Å²) < 4.78 is 11.7. The van der Waals surface area contributed by atoms with Gasteiger partial charge in [-0.1, -0.05) is 25.4 Å². The molecular weight excluding hydrogens is 274 g/mol. The number of ether oxygens (including phenoxy) is 2. The number of rotatable bonds is 5. The van der Waals surface area contributed by atoms with Crippen LogP contribution in [0.3, 0.4) is 0 Å². The molecule has 2 rings (SSSR count). The smallest absolute Gasteiger partial charge is 0.122 e. The molecule has 4 heteroatoms. The molecule has 0 aliphatic carbocycles. The lowest BCUT2D eigenvalue weighted by Gasteiger charge is -2.17. The normalized spacial score (nSPS) is 22.5. The Bertz CT molecular complexity index is 462. The van der Waals surface area contributed by atoms with Crippen molar-refractivity contribution in [1.29, 1.82) is 0 Å². The van der Waals surface area contributed by atoms with E-state index >= 15 is 0 Å². The van der Waals surface area contributed by atoms with Gasteiger partial charge in [0, 0.05) is 11.6 Å². The van der Waals surface area contributed by atoms with Gasteiger partial charge >= 0.3 is 0 Å². The fourth-order valence-electron chi connectivity index (χ4n) is 2.53. The SMILES string of the molecule is Cc1cc(Cl)c(C(C)C)cc1OCC1CCC(CN)O1. The van der Waals surface area contributed by atoms with Crippen LogP contribution in [0.25, 0.3) is 0 Å². The largest absolute Gasteiger partial charge is 0.491 e. The van der Waals surface area contributed by atoms with Crippen molar-refractivity contribution >= 4 is 11.6 Å². The molecule has 2 atom stereocenters. The summed E-state index contributed by atoms with van der Waals surface area (Å²) in [5, 5.41) is 0.810. The zero-order chi connectivity index (χ0) is 14.7. The Hall–Kier alpha value is -0.770. The first-order valence-electron chi connectivity index (χ1n) is 7.29. The molecule has 112 valence electrons. The van der Waals surface area contributed by atoms with Crippen molar-refractivity contribution < 1.29 is 9.47 Å². The quantitative estimate of drug-likeness (QED) is 0.902. The van der Waals surface area contributed by atoms with E-state index in [1.807, 2.05) is 13.0 Å². The third-order valence-electron chi connectivity index (χ3n) is 3.80. The number of benzene rings is 1. The Morgan fingerprint density at radius 1 is 1.35 bits per heavy atom. The highest BCUT2D eigenvalue weighted by Gasteiger charge is 2.24. The lowest BCUT2D eigenvalue weighted by atomic mass is 10.0. The van der Waals surface area contributed by atoms with E-state index in [0.29, 0.717) is 19.1 Å². The summed E-state index contributed by atoms with van der Waals surface area (Å²) in [7, 11) is 0. The zero-order valence-electron chi connectivity index (χ0n) is 12.5. The monoisotopic (exact) mass is 297 g/mol. The van der Waals surface area contributed by atoms with Crippen molar-refractivity contribution in [3.8, 4) is 5.75 Å². The van der Waals surface area contributed by atoms with E-state index in [-0.39, 0.29) is 12.2 Å². The first-order chi connectivity index (χ1) is 9.51. The van der Waals surface area contributed by atoms with Crippen LogP contribution >= 0.6 is 11.6 Å². The molecule has 1 aliphatic rings. The molecule has 0 spiro atoms. The van der Waals surface area contributed by atoms with Crippen LogP contribution in [-0.2, 0) is 4.74 Å². The second-order valence-corrected chi connectivity index (χ2v) is 6.21. The van der Waals surface area contributed by atoms with Crippen molar-refractivity contribution in [3.63, 3.8) is 0 Å². The number of aryl methyl sites for hydroxylation is 1. The number of hydrogen-bond acceptors (Lipinski definition) is 3. The number of halogens is 1. The molecule has 1 fully saturated rings. The second-order valence-electron chi connectivity index (χ2n) is 5.80. The maximum atomic E-state index is 6.27. The Kier molecular flexibility index (Phi) is 5.30. The minimum atomic E-state index is 0.154. The molecule has 2 N–H and O–H groups in total. The summed E-state index contributed by atoms with van der Waals surface area (Å²) >= 11 is 6.27. The summed E-state index contributed by atoms with van der Waals surface area (Å²) in [6.45, 7) is 7.45. The second kappa shape index (κ2) is 6.79. The van der Waals surface area contributed by atoms with Crippen LogP contribution < -0.4 is 10.5 Å². The minimum absolute atomic E-state index is 0.154. The van der Waals surface area contributed by atoms with Gasteiger partial charge in [0.1, 0.15) is 12.4 Å². The molecule has 0 amide bonds. The Morgan fingerprint density at radius 2 is 2.05 bits per heavy atom. The highest BCUT2D eigenvalue weighted by Crippen LogP contribution is 2.32. The first-order valence-corrected chi connectivity index (χ1v) is 7.67. The Balaban J connectivity index is 2.01. The van der Waals surface area contributed by atoms with Gasteiger partial charge in [0.05, 0.1) is 12.2 Å². The van der Waals surface area contributed by atoms with Gasteiger partial charge < -0.3 is 15.2 Å². The van der Waals surface area contributed by atoms with E-state index in [2.05, 4.69) is 19.9 Å². The molecule has 1 aromatic rings. The van der Waals surface area contributed by atoms with Crippen LogP contribution in [-0.4, -0.2) is 25.4 Å². The van der Waals surface area contributed by atoms with Crippen molar-refractivity contribution in [2.24, 2.45) is 5.73 Å². The summed E-state index contributed by atoms with van der Waals surface area (Å²) in [4.78, 5) is 0. The van der Waals surface area contributed by atoms with Gasteiger partial charge in [0.15, 0.2) is 0 Å². The number of hydrogen-bond donors (Lipinski definition) is 1. The lowest BCUT2D eigenvalue weighted by molar-refractivity contribution is 0.0220.